The van der Waals surface area contributed by atoms with Crippen molar-refractivity contribution in [1.82, 2.24) is 0 Å². The van der Waals surface area contributed by atoms with Gasteiger partial charge in [0.1, 0.15) is 4.88 Å². The van der Waals surface area contributed by atoms with Gasteiger partial charge in [0.2, 0.25) is 10.0 Å². The van der Waals surface area contributed by atoms with Crippen molar-refractivity contribution in [1.29, 1.82) is 0 Å². The fraction of sp³-hybridized carbons (Fsp3) is 0.294. The van der Waals surface area contributed by atoms with Crippen LogP contribution in [-0.4, -0.2) is 39.1 Å². The van der Waals surface area contributed by atoms with Gasteiger partial charge in [-0.15, -0.1) is 11.3 Å². The summed E-state index contributed by atoms with van der Waals surface area (Å²) in [5.41, 5.74) is 1.84. The summed E-state index contributed by atoms with van der Waals surface area (Å²) in [7, 11) is -3.31. The summed E-state index contributed by atoms with van der Waals surface area (Å²) in [5.74, 6) is -0.805. The quantitative estimate of drug-likeness (QED) is 0.569. The highest BCUT2D eigenvalue weighted by molar-refractivity contribution is 7.92. The lowest BCUT2D eigenvalue weighted by atomic mass is 10.1. The van der Waals surface area contributed by atoms with E-state index in [-0.39, 0.29) is 18.1 Å². The summed E-state index contributed by atoms with van der Waals surface area (Å²) >= 11 is 1.25. The minimum atomic E-state index is -3.31. The van der Waals surface area contributed by atoms with Crippen LogP contribution < -0.4 is 4.31 Å². The monoisotopic (exact) mass is 379 g/mol. The molecule has 0 radical (unpaired) electrons. The van der Waals surface area contributed by atoms with Gasteiger partial charge in [-0.05, 0) is 48.6 Å². The molecule has 0 saturated heterocycles. The van der Waals surface area contributed by atoms with Crippen molar-refractivity contribution in [3.63, 3.8) is 0 Å². The van der Waals surface area contributed by atoms with E-state index >= 15 is 0 Å². The number of nitrogens with zero attached hydrogens (tertiary/aromatic N) is 1. The maximum Gasteiger partial charge on any atom is 0.348 e. The van der Waals surface area contributed by atoms with Crippen LogP contribution in [0.15, 0.2) is 35.7 Å². The van der Waals surface area contributed by atoms with Gasteiger partial charge in [-0.25, -0.2) is 13.2 Å². The van der Waals surface area contributed by atoms with Gasteiger partial charge in [0.15, 0.2) is 12.4 Å². The Bertz CT molecular complexity index is 903. The number of rotatable bonds is 6. The first-order valence-corrected chi connectivity index (χ1v) is 10.3. The number of sulfonamides is 1. The maximum atomic E-state index is 12.2. The normalized spacial score (nSPS) is 13.6. The number of ketones is 1. The van der Waals surface area contributed by atoms with Crippen LogP contribution in [0.4, 0.5) is 5.69 Å². The first-order valence-electron chi connectivity index (χ1n) is 7.79. The predicted octanol–water partition coefficient (Wildman–Crippen LogP) is 2.50. The number of hydrogen-bond acceptors (Lipinski definition) is 6. The standard InChI is InChI=1S/C17H17NO5S2/c1-2-25(21,22)18-8-7-12-10-13(5-6-14(12)18)15(19)11-23-17(20)16-4-3-9-24-16/h3-6,9-10H,2,7-8,11H2,1H3. The van der Waals surface area contributed by atoms with Gasteiger partial charge >= 0.3 is 5.97 Å². The molecule has 6 nitrogen and oxygen atoms in total. The third-order valence-corrected chi connectivity index (χ3v) is 6.64. The molecule has 0 amide bonds. The van der Waals surface area contributed by atoms with Crippen molar-refractivity contribution in [2.24, 2.45) is 0 Å². The highest BCUT2D eigenvalue weighted by atomic mass is 32.2. The summed E-state index contributed by atoms with van der Waals surface area (Å²) in [6.45, 7) is 1.65. The van der Waals surface area contributed by atoms with E-state index in [0.717, 1.165) is 5.56 Å². The second-order valence-corrected chi connectivity index (χ2v) is 8.67. The molecule has 0 saturated carbocycles. The summed E-state index contributed by atoms with van der Waals surface area (Å²) in [6.07, 6.45) is 0.560. The second kappa shape index (κ2) is 6.97. The van der Waals surface area contributed by atoms with Gasteiger partial charge < -0.3 is 4.74 Å². The molecule has 1 aromatic carbocycles. The first kappa shape index (κ1) is 17.6. The van der Waals surface area contributed by atoms with Crippen molar-refractivity contribution >= 4 is 38.8 Å². The van der Waals surface area contributed by atoms with E-state index < -0.39 is 16.0 Å². The third kappa shape index (κ3) is 3.59. The molecule has 8 heteroatoms. The number of fused-ring (bicyclic) bond motifs is 1. The zero-order valence-electron chi connectivity index (χ0n) is 13.6. The Morgan fingerprint density at radius 1 is 1.28 bits per heavy atom. The maximum absolute atomic E-state index is 12.2. The fourth-order valence-corrected chi connectivity index (χ4v) is 4.44. The molecular weight excluding hydrogens is 362 g/mol. The van der Waals surface area contributed by atoms with E-state index in [1.54, 1.807) is 42.6 Å². The molecule has 0 atom stereocenters. The number of anilines is 1. The molecule has 25 heavy (non-hydrogen) atoms. The molecule has 1 aliphatic heterocycles. The molecule has 0 spiro atoms. The number of hydrogen-bond donors (Lipinski definition) is 0. The largest absolute Gasteiger partial charge is 0.453 e. The Morgan fingerprint density at radius 3 is 2.76 bits per heavy atom. The average Bonchev–Trinajstić information content (AvgIpc) is 3.28. The molecule has 1 aliphatic rings. The SMILES string of the molecule is CCS(=O)(=O)N1CCc2cc(C(=O)COC(=O)c3cccs3)ccc21. The van der Waals surface area contributed by atoms with Crippen molar-refractivity contribution < 1.29 is 22.7 Å². The third-order valence-electron chi connectivity index (χ3n) is 4.01. The minimum Gasteiger partial charge on any atom is -0.453 e. The van der Waals surface area contributed by atoms with E-state index in [0.29, 0.717) is 29.1 Å². The van der Waals surface area contributed by atoms with Crippen molar-refractivity contribution in [3.8, 4) is 0 Å². The van der Waals surface area contributed by atoms with E-state index in [4.69, 9.17) is 4.74 Å². The van der Waals surface area contributed by atoms with Gasteiger partial charge in [-0.1, -0.05) is 6.07 Å². The molecule has 0 fully saturated rings. The zero-order chi connectivity index (χ0) is 18.0. The van der Waals surface area contributed by atoms with Crippen LogP contribution in [0.1, 0.15) is 32.5 Å². The Balaban J connectivity index is 1.70. The lowest BCUT2D eigenvalue weighted by Crippen LogP contribution is -2.30. The van der Waals surface area contributed by atoms with E-state index in [2.05, 4.69) is 0 Å². The molecule has 3 rings (SSSR count). The number of Topliss-reactive ketones (excluding diaryl/α,β-unsaturated/α-hetero) is 1. The van der Waals surface area contributed by atoms with E-state index in [1.165, 1.54) is 15.6 Å². The molecular formula is C17H17NO5S2. The summed E-state index contributed by atoms with van der Waals surface area (Å²) in [4.78, 5) is 24.5. The smallest absolute Gasteiger partial charge is 0.348 e. The van der Waals surface area contributed by atoms with E-state index in [9.17, 15) is 18.0 Å². The van der Waals surface area contributed by atoms with Crippen LogP contribution in [0, 0.1) is 0 Å². The lowest BCUT2D eigenvalue weighted by molar-refractivity contribution is 0.0479. The van der Waals surface area contributed by atoms with Crippen molar-refractivity contribution in [2.75, 3.05) is 23.2 Å². The van der Waals surface area contributed by atoms with Crippen LogP contribution in [-0.2, 0) is 21.2 Å². The van der Waals surface area contributed by atoms with Crippen LogP contribution >= 0.6 is 11.3 Å². The van der Waals surface area contributed by atoms with Crippen LogP contribution in [0.2, 0.25) is 0 Å². The molecule has 1 aromatic heterocycles. The Morgan fingerprint density at radius 2 is 2.08 bits per heavy atom. The number of carbonyl (C=O) groups is 2. The van der Waals surface area contributed by atoms with Gasteiger partial charge in [-0.3, -0.25) is 9.10 Å². The Labute approximate surface area is 150 Å². The highest BCUT2D eigenvalue weighted by Gasteiger charge is 2.28. The molecule has 2 aromatic rings. The van der Waals surface area contributed by atoms with Crippen LogP contribution in [0.3, 0.4) is 0 Å². The minimum absolute atomic E-state index is 0.0335. The average molecular weight is 379 g/mol. The Hall–Kier alpha value is -2.19. The summed E-state index contributed by atoms with van der Waals surface area (Å²) in [5, 5.41) is 1.76. The van der Waals surface area contributed by atoms with Gasteiger partial charge in [-0.2, -0.15) is 0 Å². The molecule has 0 bridgehead atoms. The summed E-state index contributed by atoms with van der Waals surface area (Å²) in [6, 6.07) is 8.27. The van der Waals surface area contributed by atoms with Crippen LogP contribution in [0.25, 0.3) is 0 Å². The molecule has 132 valence electrons. The van der Waals surface area contributed by atoms with Gasteiger partial charge in [0.05, 0.1) is 11.4 Å². The van der Waals surface area contributed by atoms with E-state index in [1.807, 2.05) is 0 Å². The molecule has 0 N–H and O–H groups in total. The lowest BCUT2D eigenvalue weighted by Gasteiger charge is -2.18. The van der Waals surface area contributed by atoms with Crippen molar-refractivity contribution in [2.45, 2.75) is 13.3 Å². The van der Waals surface area contributed by atoms with Crippen LogP contribution in [0.5, 0.6) is 0 Å². The number of esters is 1. The summed E-state index contributed by atoms with van der Waals surface area (Å²) < 4.78 is 30.6. The number of ether oxygens (including phenoxy) is 1. The molecule has 0 unspecified atom stereocenters. The molecule has 0 aliphatic carbocycles. The second-order valence-electron chi connectivity index (χ2n) is 5.54. The predicted molar refractivity (Wildman–Crippen MR) is 95.9 cm³/mol. The first-order chi connectivity index (χ1) is 11.9. The number of carbonyl (C=O) groups excluding carboxylic acids is 2. The number of thiophene rings is 1. The number of benzene rings is 1. The highest BCUT2D eigenvalue weighted by Crippen LogP contribution is 2.31. The van der Waals surface area contributed by atoms with Crippen molar-refractivity contribution in [3.05, 3.63) is 51.7 Å². The topological polar surface area (TPSA) is 80.8 Å². The zero-order valence-corrected chi connectivity index (χ0v) is 15.2. The van der Waals surface area contributed by atoms with Gasteiger partial charge in [0.25, 0.3) is 0 Å². The fourth-order valence-electron chi connectivity index (χ4n) is 2.67. The molecule has 2 heterocycles. The Kier molecular flexibility index (Phi) is 4.91. The van der Waals surface area contributed by atoms with Gasteiger partial charge in [0, 0.05) is 12.1 Å².